The summed E-state index contributed by atoms with van der Waals surface area (Å²) >= 11 is 0. The highest BCUT2D eigenvalue weighted by Crippen LogP contribution is 2.56. The predicted octanol–water partition coefficient (Wildman–Crippen LogP) is 11.3. The summed E-state index contributed by atoms with van der Waals surface area (Å²) in [7, 11) is -4.72. The molecule has 13 atom stereocenters. The third-order valence-corrected chi connectivity index (χ3v) is 21.4. The van der Waals surface area contributed by atoms with Gasteiger partial charge in [0.15, 0.2) is 5.96 Å². The maximum Gasteiger partial charge on any atom is 0.268 e. The van der Waals surface area contributed by atoms with Crippen LogP contribution < -0.4 is 16.2 Å². The zero-order chi connectivity index (χ0) is 59.2. The number of nitrogens with zero attached hydrogens (tertiary/aromatic N) is 1. The molecule has 0 spiro atoms. The van der Waals surface area contributed by atoms with Gasteiger partial charge in [0.1, 0.15) is 23.4 Å². The Morgan fingerprint density at radius 3 is 2.36 bits per heavy atom. The molecule has 10 bridgehead atoms. The monoisotopic (exact) mass is 1170 g/mol. The number of hydrogen-bond donors (Lipinski definition) is 8. The maximum absolute atomic E-state index is 14.5. The Hall–Kier alpha value is -6.96. The molecule has 0 radical (unpaired) electrons. The van der Waals surface area contributed by atoms with Crippen LogP contribution in [0.2, 0.25) is 0 Å². The Balaban J connectivity index is 0.998. The van der Waals surface area contributed by atoms with Gasteiger partial charge in [-0.1, -0.05) is 122 Å². The molecule has 85 heavy (non-hydrogen) atoms. The lowest BCUT2D eigenvalue weighted by molar-refractivity contribution is -0.0834. The van der Waals surface area contributed by atoms with Crippen molar-refractivity contribution in [3.8, 4) is 29.1 Å². The molecule has 14 heteroatoms. The van der Waals surface area contributed by atoms with Gasteiger partial charge in [0.2, 0.25) is 5.72 Å². The van der Waals surface area contributed by atoms with E-state index >= 15 is 0 Å². The van der Waals surface area contributed by atoms with E-state index in [1.807, 2.05) is 84.9 Å². The van der Waals surface area contributed by atoms with Crippen molar-refractivity contribution in [3.05, 3.63) is 206 Å². The van der Waals surface area contributed by atoms with E-state index in [0.717, 1.165) is 74.9 Å². The van der Waals surface area contributed by atoms with Crippen LogP contribution in [0.5, 0.6) is 17.2 Å². The van der Waals surface area contributed by atoms with Crippen molar-refractivity contribution >= 4 is 16.1 Å². The van der Waals surface area contributed by atoms with Crippen LogP contribution in [0.1, 0.15) is 163 Å². The highest BCUT2D eigenvalue weighted by atomic mass is 32.2. The summed E-state index contributed by atoms with van der Waals surface area (Å²) < 4.78 is 55.4. The summed E-state index contributed by atoms with van der Waals surface area (Å²) in [5.74, 6) is 4.92. The van der Waals surface area contributed by atoms with Crippen molar-refractivity contribution < 1.29 is 48.0 Å². The van der Waals surface area contributed by atoms with Gasteiger partial charge in [-0.3, -0.25) is 4.55 Å². The molecule has 13 nitrogen and oxygen atoms in total. The highest BCUT2D eigenvalue weighted by Gasteiger charge is 2.51. The Morgan fingerprint density at radius 2 is 1.60 bits per heavy atom. The van der Waals surface area contributed by atoms with E-state index in [1.165, 1.54) is 0 Å². The van der Waals surface area contributed by atoms with Crippen LogP contribution in [0, 0.1) is 41.4 Å². The first-order valence-corrected chi connectivity index (χ1v) is 32.0. The Labute approximate surface area is 499 Å². The van der Waals surface area contributed by atoms with E-state index in [-0.39, 0.29) is 79.2 Å². The molecule has 8 aliphatic rings. The number of rotatable bonds is 12. The number of aromatic hydroxyl groups is 2. The minimum Gasteiger partial charge on any atom is -0.508 e. The number of nitrogens with two attached hydrogens (primary N) is 2. The molecule has 0 amide bonds. The van der Waals surface area contributed by atoms with Gasteiger partial charge in [0.05, 0.1) is 23.6 Å². The van der Waals surface area contributed by atoms with Crippen molar-refractivity contribution in [1.29, 1.82) is 0 Å². The molecule has 2 fully saturated rings. The summed E-state index contributed by atoms with van der Waals surface area (Å²) in [6, 6.07) is 42.7. The van der Waals surface area contributed by atoms with E-state index in [0.29, 0.717) is 74.7 Å². The van der Waals surface area contributed by atoms with Gasteiger partial charge >= 0.3 is 0 Å². The van der Waals surface area contributed by atoms with Crippen LogP contribution in [-0.2, 0) is 46.4 Å². The molecule has 10 N–H and O–H groups in total. The van der Waals surface area contributed by atoms with Crippen LogP contribution in [0.15, 0.2) is 150 Å². The largest absolute Gasteiger partial charge is 0.508 e. The summed E-state index contributed by atoms with van der Waals surface area (Å²) in [4.78, 5) is 5.17. The number of aliphatic imine (C=N–C) groups is 1. The third-order valence-electron chi connectivity index (χ3n) is 20.1. The quantitative estimate of drug-likeness (QED) is 0.0188. The van der Waals surface area contributed by atoms with Crippen LogP contribution in [-0.4, -0.2) is 68.0 Å². The standard InChI is InChI=1S/C71H79N3O10S/c1-43-15-16-50-35-60-24-26-62(50)64(43)38-66(85(80,81)82)65-37-55-33-54(36-61-31-46(41-75)11-5-12-49-34-59(78)23-25-63(49)68(55)83-61)67(65)47-19-21-56(22-20-47)71(84-60,74-69(72)73)40-57(29-44-8-3-2-4-9-44)70(79)27-7-13-51(39-70)48-17-18-52(42-76)53(32-48)28-45-10-6-14-58(77)30-45/h2-4,6,8-10,14,17-26,30,32,34-35,37,43,46,51,54,57,61,64-68,75-79H,7,11,13,15-16,27-29,31,33,36,38-42H2,1H3,(H4,72,73,74)(H,80,81,82). The van der Waals surface area contributed by atoms with E-state index in [9.17, 15) is 38.5 Å². The number of ether oxygens (including phenoxy) is 2. The van der Waals surface area contributed by atoms with Gasteiger partial charge in [-0.15, -0.1) is 0 Å². The first kappa shape index (κ1) is 58.4. The fourth-order valence-electron chi connectivity index (χ4n) is 15.9. The number of benzene rings is 6. The van der Waals surface area contributed by atoms with E-state index in [2.05, 4.69) is 49.1 Å². The fourth-order valence-corrected chi connectivity index (χ4v) is 17.0. The van der Waals surface area contributed by atoms with Crippen LogP contribution in [0.25, 0.3) is 0 Å². The summed E-state index contributed by atoms with van der Waals surface area (Å²) in [5.41, 5.74) is 21.0. The van der Waals surface area contributed by atoms with Gasteiger partial charge in [0, 0.05) is 42.1 Å². The van der Waals surface area contributed by atoms with Gasteiger partial charge < -0.3 is 46.5 Å². The highest BCUT2D eigenvalue weighted by molar-refractivity contribution is 7.86. The summed E-state index contributed by atoms with van der Waals surface area (Å²) in [6.07, 6.45) is 8.51. The minimum atomic E-state index is -4.72. The number of phenolic OH excluding ortho intramolecular Hbond substituents is 2. The third kappa shape index (κ3) is 12.3. The maximum atomic E-state index is 14.5. The lowest BCUT2D eigenvalue weighted by Gasteiger charge is -2.46. The number of allylic oxidation sites excluding steroid dienone is 1. The number of guanidine groups is 1. The SMILES string of the molecule is CC1CCc2cc3ccc2C1CC(S(=O)(=O)O)C1C=C2CC(CC4CC(CO)CC#Cc5cc(O)ccc5C2O4)C1c1ccc(cc1)C(CC(Cc1ccccc1)C1(O)CCCC(c2ccc(CO)c(Cc4cccc(O)c4)c2)C1)(N=C(N)N)O3. The zero-order valence-electron chi connectivity index (χ0n) is 48.3. The van der Waals surface area contributed by atoms with Gasteiger partial charge in [-0.25, -0.2) is 4.99 Å². The van der Waals surface area contributed by atoms with Gasteiger partial charge in [-0.2, -0.15) is 8.42 Å². The van der Waals surface area contributed by atoms with E-state index in [4.69, 9.17) is 25.9 Å². The average Bonchev–Trinajstić information content (AvgIpc) is 3.64. The lowest BCUT2D eigenvalue weighted by Crippen LogP contribution is -2.48. The summed E-state index contributed by atoms with van der Waals surface area (Å²) in [6.45, 7) is 1.94. The molecule has 444 valence electrons. The molecular weight excluding hydrogens is 1090 g/mol. The second-order valence-electron chi connectivity index (χ2n) is 25.6. The number of aliphatic hydroxyl groups excluding tert-OH is 2. The molecule has 5 heterocycles. The molecule has 13 unspecified atom stereocenters. The first-order valence-electron chi connectivity index (χ1n) is 30.5. The first-order chi connectivity index (χ1) is 40.9. The van der Waals surface area contributed by atoms with Crippen molar-refractivity contribution in [2.75, 3.05) is 6.61 Å². The second-order valence-corrected chi connectivity index (χ2v) is 27.2. The molecule has 1 saturated heterocycles. The molecular formula is C71H79N3O10S. The van der Waals surface area contributed by atoms with Crippen molar-refractivity contribution in [1.82, 2.24) is 0 Å². The molecule has 5 aliphatic heterocycles. The molecule has 6 aromatic carbocycles. The smallest absolute Gasteiger partial charge is 0.268 e. The molecule has 14 rings (SSSR count). The van der Waals surface area contributed by atoms with E-state index < -0.39 is 50.6 Å². The Kier molecular flexibility index (Phi) is 16.5. The predicted molar refractivity (Wildman–Crippen MR) is 328 cm³/mol. The number of aliphatic hydroxyl groups is 3. The lowest BCUT2D eigenvalue weighted by atomic mass is 9.64. The Morgan fingerprint density at radius 1 is 0.824 bits per heavy atom. The van der Waals surface area contributed by atoms with Crippen molar-refractivity contribution in [3.63, 3.8) is 0 Å². The zero-order valence-corrected chi connectivity index (χ0v) is 49.1. The van der Waals surface area contributed by atoms with Crippen LogP contribution in [0.4, 0.5) is 0 Å². The second kappa shape index (κ2) is 24.1. The van der Waals surface area contributed by atoms with Crippen LogP contribution in [0.3, 0.4) is 0 Å². The Bertz CT molecular complexity index is 3670. The number of phenols is 2. The van der Waals surface area contributed by atoms with E-state index in [1.54, 1.807) is 24.3 Å². The number of fused-ring (bicyclic) bond motifs is 9. The topological polar surface area (TPSA) is 238 Å². The molecule has 0 aromatic heterocycles. The molecule has 6 aromatic rings. The van der Waals surface area contributed by atoms with Crippen LogP contribution >= 0.6 is 0 Å². The minimum absolute atomic E-state index is 0.0389. The normalized spacial score (nSPS) is 29.2. The average molecular weight is 1170 g/mol. The molecule has 3 aliphatic carbocycles. The van der Waals surface area contributed by atoms with Gasteiger partial charge in [-0.05, 0) is 205 Å². The number of hydrogen-bond acceptors (Lipinski definition) is 10. The fraction of sp³-hybridized carbons (Fsp3) is 0.423. The van der Waals surface area contributed by atoms with Crippen molar-refractivity contribution in [2.45, 2.75) is 150 Å². The van der Waals surface area contributed by atoms with Gasteiger partial charge in [0.25, 0.3) is 10.1 Å². The molecule has 1 saturated carbocycles. The summed E-state index contributed by atoms with van der Waals surface area (Å²) in [5, 5.41) is 54.8. The van der Waals surface area contributed by atoms with Crippen molar-refractivity contribution in [2.24, 2.45) is 46.0 Å². The number of aryl methyl sites for hydroxylation is 1.